The van der Waals surface area contributed by atoms with Gasteiger partial charge in [0.05, 0.1) is 5.02 Å². The Morgan fingerprint density at radius 2 is 1.76 bits per heavy atom. The lowest BCUT2D eigenvalue weighted by Crippen LogP contribution is -2.52. The lowest BCUT2D eigenvalue weighted by molar-refractivity contribution is 0.340. The van der Waals surface area contributed by atoms with E-state index in [-0.39, 0.29) is 0 Å². The summed E-state index contributed by atoms with van der Waals surface area (Å²) >= 11 is 6.18. The lowest BCUT2D eigenvalue weighted by Gasteiger charge is -2.36. The number of halogens is 1. The van der Waals surface area contributed by atoms with Gasteiger partial charge in [0, 0.05) is 46.0 Å². The first-order valence-corrected chi connectivity index (χ1v) is 9.87. The summed E-state index contributed by atoms with van der Waals surface area (Å²) in [5.74, 6) is 0.707. The Morgan fingerprint density at radius 1 is 1.08 bits per heavy atom. The first-order chi connectivity index (χ1) is 12.0. The van der Waals surface area contributed by atoms with Gasteiger partial charge in [-0.1, -0.05) is 41.9 Å². The number of pyridine rings is 1. The van der Waals surface area contributed by atoms with Crippen LogP contribution < -0.4 is 4.90 Å². The van der Waals surface area contributed by atoms with E-state index in [1.165, 1.54) is 8.61 Å². The molecule has 0 unspecified atom stereocenters. The predicted molar refractivity (Wildman–Crippen MR) is 99.9 cm³/mol. The van der Waals surface area contributed by atoms with Crippen LogP contribution in [-0.4, -0.2) is 55.2 Å². The van der Waals surface area contributed by atoms with Gasteiger partial charge in [0.25, 0.3) is 10.2 Å². The van der Waals surface area contributed by atoms with E-state index >= 15 is 0 Å². The van der Waals surface area contributed by atoms with Crippen molar-refractivity contribution in [3.8, 4) is 0 Å². The second kappa shape index (κ2) is 7.70. The molecular formula is C17H21ClN4O2S. The highest BCUT2D eigenvalue weighted by Gasteiger charge is 2.31. The van der Waals surface area contributed by atoms with E-state index in [4.69, 9.17) is 11.6 Å². The normalized spacial score (nSPS) is 16.4. The molecule has 1 fully saturated rings. The third kappa shape index (κ3) is 4.12. The number of anilines is 1. The van der Waals surface area contributed by atoms with Crippen LogP contribution in [0.3, 0.4) is 0 Å². The summed E-state index contributed by atoms with van der Waals surface area (Å²) in [6.07, 6.45) is 1.69. The predicted octanol–water partition coefficient (Wildman–Crippen LogP) is 2.23. The molecule has 0 radical (unpaired) electrons. The topological polar surface area (TPSA) is 56.8 Å². The largest absolute Gasteiger partial charge is 0.353 e. The molecule has 2 heterocycles. The van der Waals surface area contributed by atoms with Crippen LogP contribution in [0.2, 0.25) is 5.02 Å². The van der Waals surface area contributed by atoms with Gasteiger partial charge in [0.15, 0.2) is 0 Å². The molecule has 1 aliphatic heterocycles. The minimum absolute atomic E-state index is 0.357. The fourth-order valence-electron chi connectivity index (χ4n) is 2.86. The van der Waals surface area contributed by atoms with E-state index in [9.17, 15) is 8.42 Å². The van der Waals surface area contributed by atoms with Crippen LogP contribution in [0.5, 0.6) is 0 Å². The fraction of sp³-hybridized carbons (Fsp3) is 0.353. The minimum atomic E-state index is -3.49. The molecule has 2 aromatic rings. The van der Waals surface area contributed by atoms with Gasteiger partial charge in [-0.05, 0) is 17.7 Å². The van der Waals surface area contributed by atoms with Crippen LogP contribution in [0.4, 0.5) is 5.82 Å². The molecule has 0 aliphatic carbocycles. The second-order valence-corrected chi connectivity index (χ2v) is 8.39. The van der Waals surface area contributed by atoms with Crippen molar-refractivity contribution in [1.82, 2.24) is 13.6 Å². The highest BCUT2D eigenvalue weighted by Crippen LogP contribution is 2.24. The Labute approximate surface area is 153 Å². The highest BCUT2D eigenvalue weighted by atomic mass is 35.5. The van der Waals surface area contributed by atoms with E-state index in [0.717, 1.165) is 5.56 Å². The average Bonchev–Trinajstić information content (AvgIpc) is 2.63. The van der Waals surface area contributed by atoms with Crippen molar-refractivity contribution < 1.29 is 8.42 Å². The van der Waals surface area contributed by atoms with Gasteiger partial charge < -0.3 is 4.90 Å². The number of nitrogens with zero attached hydrogens (tertiary/aromatic N) is 4. The lowest BCUT2D eigenvalue weighted by atomic mass is 10.2. The van der Waals surface area contributed by atoms with Crippen LogP contribution in [0, 0.1) is 0 Å². The third-order valence-electron chi connectivity index (χ3n) is 4.25. The maximum Gasteiger partial charge on any atom is 0.282 e. The maximum atomic E-state index is 12.8. The summed E-state index contributed by atoms with van der Waals surface area (Å²) in [7, 11) is -1.87. The molecule has 0 N–H and O–H groups in total. The number of hydrogen-bond donors (Lipinski definition) is 0. The quantitative estimate of drug-likeness (QED) is 0.798. The van der Waals surface area contributed by atoms with Crippen LogP contribution in [0.15, 0.2) is 48.7 Å². The Kier molecular flexibility index (Phi) is 5.58. The Hall–Kier alpha value is -1.67. The maximum absolute atomic E-state index is 12.8. The first kappa shape index (κ1) is 18.1. The molecule has 1 aromatic carbocycles. The zero-order valence-electron chi connectivity index (χ0n) is 14.0. The van der Waals surface area contributed by atoms with Gasteiger partial charge in [0.2, 0.25) is 0 Å². The monoisotopic (exact) mass is 380 g/mol. The molecule has 3 rings (SSSR count). The number of hydrogen-bond acceptors (Lipinski definition) is 4. The third-order valence-corrected chi connectivity index (χ3v) is 6.48. The molecule has 1 aromatic heterocycles. The number of aromatic nitrogens is 1. The summed E-state index contributed by atoms with van der Waals surface area (Å²) in [6.45, 7) is 2.31. The molecular weight excluding hydrogens is 360 g/mol. The molecule has 1 saturated heterocycles. The highest BCUT2D eigenvalue weighted by molar-refractivity contribution is 7.86. The minimum Gasteiger partial charge on any atom is -0.353 e. The van der Waals surface area contributed by atoms with Gasteiger partial charge in [-0.25, -0.2) is 4.98 Å². The molecule has 0 spiro atoms. The standard InChI is InChI=1S/C17H21ClN4O2S/c1-20(14-15-6-3-2-4-7-15)25(23,24)22-12-10-21(11-13-22)17-16(18)8-5-9-19-17/h2-9H,10-14H2,1H3. The first-order valence-electron chi connectivity index (χ1n) is 8.09. The Bertz CT molecular complexity index is 808. The molecule has 0 atom stereocenters. The molecule has 0 bridgehead atoms. The van der Waals surface area contributed by atoms with Gasteiger partial charge in [0.1, 0.15) is 5.82 Å². The van der Waals surface area contributed by atoms with Crippen molar-refractivity contribution in [2.45, 2.75) is 6.54 Å². The summed E-state index contributed by atoms with van der Waals surface area (Å²) in [4.78, 5) is 6.32. The van der Waals surface area contributed by atoms with Crippen molar-refractivity contribution in [2.24, 2.45) is 0 Å². The van der Waals surface area contributed by atoms with Crippen LogP contribution >= 0.6 is 11.6 Å². The zero-order valence-corrected chi connectivity index (χ0v) is 15.6. The van der Waals surface area contributed by atoms with Crippen molar-refractivity contribution in [2.75, 3.05) is 38.1 Å². The van der Waals surface area contributed by atoms with E-state index in [0.29, 0.717) is 43.6 Å². The molecule has 6 nitrogen and oxygen atoms in total. The molecule has 25 heavy (non-hydrogen) atoms. The molecule has 0 amide bonds. The fourth-order valence-corrected chi connectivity index (χ4v) is 4.43. The molecule has 0 saturated carbocycles. The Balaban J connectivity index is 1.64. The zero-order chi connectivity index (χ0) is 17.9. The summed E-state index contributed by atoms with van der Waals surface area (Å²) in [5.41, 5.74) is 0.965. The van der Waals surface area contributed by atoms with Crippen molar-refractivity contribution in [1.29, 1.82) is 0 Å². The number of benzene rings is 1. The van der Waals surface area contributed by atoms with Crippen molar-refractivity contribution >= 4 is 27.6 Å². The van der Waals surface area contributed by atoms with E-state index < -0.39 is 10.2 Å². The van der Waals surface area contributed by atoms with Crippen LogP contribution in [0.1, 0.15) is 5.56 Å². The molecule has 134 valence electrons. The van der Waals surface area contributed by atoms with Gasteiger partial charge in [-0.15, -0.1) is 0 Å². The van der Waals surface area contributed by atoms with Crippen LogP contribution in [-0.2, 0) is 16.8 Å². The molecule has 8 heteroatoms. The van der Waals surface area contributed by atoms with E-state index in [1.54, 1.807) is 25.4 Å². The second-order valence-electron chi connectivity index (χ2n) is 5.94. The summed E-state index contributed by atoms with van der Waals surface area (Å²) in [6, 6.07) is 13.2. The number of rotatable bonds is 5. The van der Waals surface area contributed by atoms with Crippen molar-refractivity contribution in [3.63, 3.8) is 0 Å². The van der Waals surface area contributed by atoms with Gasteiger partial charge in [-0.3, -0.25) is 0 Å². The molecule has 1 aliphatic rings. The number of piperazine rings is 1. The van der Waals surface area contributed by atoms with Crippen LogP contribution in [0.25, 0.3) is 0 Å². The van der Waals surface area contributed by atoms with Gasteiger partial charge >= 0.3 is 0 Å². The summed E-state index contributed by atoms with van der Waals surface area (Å²) in [5, 5.41) is 0.583. The van der Waals surface area contributed by atoms with Crippen molar-refractivity contribution in [3.05, 3.63) is 59.2 Å². The van der Waals surface area contributed by atoms with Gasteiger partial charge in [-0.2, -0.15) is 17.0 Å². The van der Waals surface area contributed by atoms with E-state index in [1.807, 2.05) is 35.2 Å². The smallest absolute Gasteiger partial charge is 0.282 e. The van der Waals surface area contributed by atoms with E-state index in [2.05, 4.69) is 4.98 Å². The SMILES string of the molecule is CN(Cc1ccccc1)S(=O)(=O)N1CCN(c2ncccc2Cl)CC1. The summed E-state index contributed by atoms with van der Waals surface area (Å²) < 4.78 is 28.5. The Morgan fingerprint density at radius 3 is 2.40 bits per heavy atom. The average molecular weight is 381 g/mol.